The summed E-state index contributed by atoms with van der Waals surface area (Å²) in [5.74, 6) is 0.111. The number of hydrogen-bond acceptors (Lipinski definition) is 4. The summed E-state index contributed by atoms with van der Waals surface area (Å²) < 4.78 is 45.0. The van der Waals surface area contributed by atoms with Gasteiger partial charge < -0.3 is 14.2 Å². The van der Waals surface area contributed by atoms with E-state index in [-0.39, 0.29) is 18.4 Å². The molecule has 0 fully saturated rings. The molecule has 0 amide bonds. The third kappa shape index (κ3) is 7.08. The van der Waals surface area contributed by atoms with Crippen LogP contribution in [0.3, 0.4) is 0 Å². The lowest BCUT2D eigenvalue weighted by molar-refractivity contribution is 0.00512. The average molecular weight is 601 g/mol. The molecule has 0 saturated heterocycles. The normalized spacial score (nSPS) is 11.0. The quantitative estimate of drug-likeness (QED) is 0.0717. The minimum Gasteiger partial charge on any atom is -0.468 e. The Kier molecular flexibility index (Phi) is 8.67. The van der Waals surface area contributed by atoms with E-state index in [9.17, 15) is 13.6 Å². The summed E-state index contributed by atoms with van der Waals surface area (Å²) in [7, 11) is 0. The molecule has 0 radical (unpaired) electrons. The molecule has 0 aliphatic rings. The second-order valence-corrected chi connectivity index (χ2v) is 10.9. The van der Waals surface area contributed by atoms with Crippen molar-refractivity contribution in [3.05, 3.63) is 155 Å². The molecule has 0 N–H and O–H groups in total. The lowest BCUT2D eigenvalue weighted by Gasteiger charge is -2.10. The standard InChI is InChI=1S/C39H30F2O4/c1-25-3-7-33(21-37(25)40)28-9-5-27(6-10-28)23-43-24-44-35-17-15-32-20-36(18-16-31(32)19-35)45-39(42)30-13-11-29(12-14-30)34-8-4-26(2)38(41)22-34/h3-22H,23-24H2,1-2H3. The van der Waals surface area contributed by atoms with Crippen LogP contribution >= 0.6 is 0 Å². The van der Waals surface area contributed by atoms with Gasteiger partial charge in [0.25, 0.3) is 0 Å². The lowest BCUT2D eigenvalue weighted by atomic mass is 10.0. The predicted molar refractivity (Wildman–Crippen MR) is 172 cm³/mol. The van der Waals surface area contributed by atoms with E-state index in [4.69, 9.17) is 14.2 Å². The lowest BCUT2D eigenvalue weighted by Crippen LogP contribution is -2.08. The number of benzene rings is 6. The number of aryl methyl sites for hydroxylation is 2. The van der Waals surface area contributed by atoms with E-state index in [0.717, 1.165) is 38.6 Å². The van der Waals surface area contributed by atoms with Gasteiger partial charge in [-0.05, 0) is 112 Å². The minimum atomic E-state index is -0.480. The molecule has 0 aromatic heterocycles. The first-order valence-corrected chi connectivity index (χ1v) is 14.5. The molecule has 0 aliphatic carbocycles. The highest BCUT2D eigenvalue weighted by Crippen LogP contribution is 2.27. The Morgan fingerprint density at radius 3 is 1.67 bits per heavy atom. The van der Waals surface area contributed by atoms with Crippen molar-refractivity contribution in [1.29, 1.82) is 0 Å². The summed E-state index contributed by atoms with van der Waals surface area (Å²) in [6.07, 6.45) is 0. The third-order valence-corrected chi connectivity index (χ3v) is 7.66. The summed E-state index contributed by atoms with van der Waals surface area (Å²) in [6, 6.07) is 36.0. The van der Waals surface area contributed by atoms with Crippen molar-refractivity contribution in [3.8, 4) is 33.8 Å². The Morgan fingerprint density at radius 1 is 0.578 bits per heavy atom. The van der Waals surface area contributed by atoms with E-state index in [2.05, 4.69) is 0 Å². The molecule has 6 aromatic carbocycles. The minimum absolute atomic E-state index is 0.0732. The van der Waals surface area contributed by atoms with Crippen molar-refractivity contribution in [2.24, 2.45) is 0 Å². The summed E-state index contributed by atoms with van der Waals surface area (Å²) >= 11 is 0. The van der Waals surface area contributed by atoms with Crippen LogP contribution in [0.2, 0.25) is 0 Å². The molecule has 6 rings (SSSR count). The van der Waals surface area contributed by atoms with Gasteiger partial charge in [0.05, 0.1) is 12.2 Å². The van der Waals surface area contributed by atoms with Gasteiger partial charge in [0.15, 0.2) is 6.79 Å². The van der Waals surface area contributed by atoms with Crippen molar-refractivity contribution in [1.82, 2.24) is 0 Å². The number of ether oxygens (including phenoxy) is 3. The van der Waals surface area contributed by atoms with Crippen molar-refractivity contribution in [2.75, 3.05) is 6.79 Å². The fraction of sp³-hybridized carbons (Fsp3) is 0.103. The molecule has 0 atom stereocenters. The Labute approximate surface area is 260 Å². The summed E-state index contributed by atoms with van der Waals surface area (Å²) in [6.45, 7) is 3.91. The van der Waals surface area contributed by atoms with Crippen LogP contribution in [0.5, 0.6) is 11.5 Å². The maximum atomic E-state index is 14.0. The topological polar surface area (TPSA) is 44.8 Å². The van der Waals surface area contributed by atoms with Crippen LogP contribution in [-0.4, -0.2) is 12.8 Å². The van der Waals surface area contributed by atoms with Gasteiger partial charge in [-0.15, -0.1) is 0 Å². The van der Waals surface area contributed by atoms with Gasteiger partial charge in [-0.1, -0.05) is 72.8 Å². The average Bonchev–Trinajstić information content (AvgIpc) is 3.06. The van der Waals surface area contributed by atoms with Crippen LogP contribution in [-0.2, 0) is 11.3 Å². The molecular weight excluding hydrogens is 570 g/mol. The first-order valence-electron chi connectivity index (χ1n) is 14.5. The molecule has 0 spiro atoms. The predicted octanol–water partition coefficient (Wildman–Crippen LogP) is 9.84. The van der Waals surface area contributed by atoms with Gasteiger partial charge in [-0.2, -0.15) is 0 Å². The Balaban J connectivity index is 1.01. The Morgan fingerprint density at radius 2 is 1.09 bits per heavy atom. The molecule has 6 aromatic rings. The van der Waals surface area contributed by atoms with E-state index in [1.807, 2.05) is 60.7 Å². The molecule has 4 nitrogen and oxygen atoms in total. The molecule has 0 aliphatic heterocycles. The molecule has 0 bridgehead atoms. The Bertz CT molecular complexity index is 1980. The first kappa shape index (κ1) is 29.7. The second-order valence-electron chi connectivity index (χ2n) is 10.9. The number of carbonyl (C=O) groups is 1. The van der Waals surface area contributed by atoms with Gasteiger partial charge in [-0.25, -0.2) is 13.6 Å². The van der Waals surface area contributed by atoms with Crippen LogP contribution < -0.4 is 9.47 Å². The third-order valence-electron chi connectivity index (χ3n) is 7.66. The highest BCUT2D eigenvalue weighted by Gasteiger charge is 2.11. The highest BCUT2D eigenvalue weighted by atomic mass is 19.1. The van der Waals surface area contributed by atoms with Crippen LogP contribution in [0.15, 0.2) is 121 Å². The Hall–Kier alpha value is -5.33. The van der Waals surface area contributed by atoms with E-state index < -0.39 is 5.97 Å². The number of rotatable bonds is 9. The molecular formula is C39H30F2O4. The number of halogens is 2. The summed E-state index contributed by atoms with van der Waals surface area (Å²) in [5.41, 5.74) is 5.91. The number of esters is 1. The smallest absolute Gasteiger partial charge is 0.343 e. The fourth-order valence-corrected chi connectivity index (χ4v) is 4.93. The van der Waals surface area contributed by atoms with E-state index in [0.29, 0.717) is 34.8 Å². The van der Waals surface area contributed by atoms with Crippen molar-refractivity contribution >= 4 is 16.7 Å². The highest BCUT2D eigenvalue weighted by molar-refractivity contribution is 5.93. The zero-order valence-electron chi connectivity index (χ0n) is 24.9. The molecule has 0 unspecified atom stereocenters. The van der Waals surface area contributed by atoms with Crippen molar-refractivity contribution < 1.29 is 27.8 Å². The number of hydrogen-bond donors (Lipinski definition) is 0. The second kappa shape index (κ2) is 13.1. The largest absolute Gasteiger partial charge is 0.468 e. The number of carbonyl (C=O) groups excluding carboxylic acids is 1. The van der Waals surface area contributed by atoms with Crippen LogP contribution in [0.4, 0.5) is 8.78 Å². The van der Waals surface area contributed by atoms with Gasteiger partial charge in [-0.3, -0.25) is 0 Å². The van der Waals surface area contributed by atoms with E-state index >= 15 is 0 Å². The van der Waals surface area contributed by atoms with Gasteiger partial charge in [0, 0.05) is 0 Å². The monoisotopic (exact) mass is 600 g/mol. The number of fused-ring (bicyclic) bond motifs is 1. The SMILES string of the molecule is Cc1ccc(-c2ccc(COCOc3ccc4cc(OC(=O)c5ccc(-c6ccc(C)c(F)c6)cc5)ccc4c3)cc2)cc1F. The molecule has 45 heavy (non-hydrogen) atoms. The molecule has 224 valence electrons. The maximum absolute atomic E-state index is 14.0. The van der Waals surface area contributed by atoms with E-state index in [1.165, 1.54) is 6.07 Å². The fourth-order valence-electron chi connectivity index (χ4n) is 4.93. The molecule has 0 saturated carbocycles. The molecule has 0 heterocycles. The molecule has 6 heteroatoms. The zero-order valence-corrected chi connectivity index (χ0v) is 24.9. The van der Waals surface area contributed by atoms with Crippen LogP contribution in [0, 0.1) is 25.5 Å². The summed E-state index contributed by atoms with van der Waals surface area (Å²) in [4.78, 5) is 12.8. The van der Waals surface area contributed by atoms with E-state index in [1.54, 1.807) is 68.4 Å². The van der Waals surface area contributed by atoms with Crippen molar-refractivity contribution in [2.45, 2.75) is 20.5 Å². The maximum Gasteiger partial charge on any atom is 0.343 e. The van der Waals surface area contributed by atoms with Gasteiger partial charge in [0.1, 0.15) is 23.1 Å². The first-order chi connectivity index (χ1) is 21.8. The van der Waals surface area contributed by atoms with Crippen LogP contribution in [0.25, 0.3) is 33.0 Å². The van der Waals surface area contributed by atoms with Gasteiger partial charge in [0.2, 0.25) is 0 Å². The van der Waals surface area contributed by atoms with Crippen LogP contribution in [0.1, 0.15) is 27.0 Å². The zero-order chi connectivity index (χ0) is 31.3. The van der Waals surface area contributed by atoms with Crippen molar-refractivity contribution in [3.63, 3.8) is 0 Å². The summed E-state index contributed by atoms with van der Waals surface area (Å²) in [5, 5.41) is 1.81. The van der Waals surface area contributed by atoms with Gasteiger partial charge >= 0.3 is 5.97 Å².